The zero-order chi connectivity index (χ0) is 61.7. The molecule has 2 aliphatic rings. The first kappa shape index (κ1) is 64.4. The Kier molecular flexibility index (Phi) is 19.6. The number of carbonyl (C=O) groups excluding carboxylic acids is 2. The Bertz CT molecular complexity index is 3260. The average Bonchev–Trinajstić information content (AvgIpc) is 3.29. The maximum Gasteiger partial charge on any atom is 0.459 e. The van der Waals surface area contributed by atoms with Crippen LogP contribution in [0.1, 0.15) is 104 Å². The van der Waals surface area contributed by atoms with Crippen LogP contribution in [0.3, 0.4) is 0 Å². The molecule has 6 aromatic rings. The lowest BCUT2D eigenvalue weighted by Gasteiger charge is -2.28. The molecule has 452 valence electrons. The number of nitriles is 2. The molecular weight excluding hydrogens is 1130 g/mol. The zero-order valence-corrected chi connectivity index (χ0v) is 49.6. The number of aromatic nitrogens is 6. The summed E-state index contributed by atoms with van der Waals surface area (Å²) in [6.07, 6.45) is -6.84. The molecule has 2 aliphatic heterocycles. The summed E-state index contributed by atoms with van der Waals surface area (Å²) in [4.78, 5) is 32.5. The minimum Gasteiger partial charge on any atom is -0.465 e. The SMILES string of the molecule is CCOC(=O)[C@H](C)N[P@@](=O)(OC[C@@]1(C#N)O[C@@H](c2ccc3c(N)ncnn23)[C@H](O)[C@@H]1O)Oc1ccc(C(C)(C)C)cc1.CCOC(=O)[C@H](C)N[P@](=O)(OC[C@@]1(C#N)O[C@@H](c2ccc3c(N)ncnn23)[C@H](O)[C@@H]1O)Oc1ccc(C(C)(C)C)cc1. The molecule has 0 spiro atoms. The summed E-state index contributed by atoms with van der Waals surface area (Å²) >= 11 is 0. The number of anilines is 2. The number of aliphatic hydroxyl groups is 4. The molecule has 2 aromatic carbocycles. The van der Waals surface area contributed by atoms with Gasteiger partial charge in [0.15, 0.2) is 11.6 Å². The number of hydrogen-bond acceptors (Lipinski definition) is 24. The summed E-state index contributed by atoms with van der Waals surface area (Å²) in [6.45, 7) is 16.8. The quantitative estimate of drug-likeness (QED) is 0.0375. The van der Waals surface area contributed by atoms with Gasteiger partial charge < -0.3 is 59.9 Å². The van der Waals surface area contributed by atoms with E-state index in [0.29, 0.717) is 11.0 Å². The fraction of sp³-hybridized carbons (Fsp3) is 0.481. The van der Waals surface area contributed by atoms with Crippen LogP contribution in [-0.4, -0.2) is 136 Å². The summed E-state index contributed by atoms with van der Waals surface area (Å²) in [5, 5.41) is 77.3. The van der Waals surface area contributed by atoms with Crippen molar-refractivity contribution in [3.05, 3.63) is 108 Å². The number of benzene rings is 2. The second kappa shape index (κ2) is 25.6. The van der Waals surface area contributed by atoms with Gasteiger partial charge in [-0.15, -0.1) is 0 Å². The Hall–Kier alpha value is -7.14. The fourth-order valence-corrected chi connectivity index (χ4v) is 12.0. The van der Waals surface area contributed by atoms with Crippen LogP contribution < -0.4 is 30.7 Å². The number of nitrogens with two attached hydrogens (primary N) is 2. The first-order chi connectivity index (χ1) is 39.5. The van der Waals surface area contributed by atoms with Gasteiger partial charge in [-0.05, 0) is 98.2 Å². The van der Waals surface area contributed by atoms with Crippen molar-refractivity contribution in [1.29, 1.82) is 10.5 Å². The highest BCUT2D eigenvalue weighted by molar-refractivity contribution is 7.52. The number of hydrogen-bond donors (Lipinski definition) is 8. The van der Waals surface area contributed by atoms with E-state index in [4.69, 9.17) is 48.5 Å². The Morgan fingerprint density at radius 3 is 1.30 bits per heavy atom. The van der Waals surface area contributed by atoms with Crippen molar-refractivity contribution in [1.82, 2.24) is 39.4 Å². The van der Waals surface area contributed by atoms with Crippen LogP contribution >= 0.6 is 15.5 Å². The minimum atomic E-state index is -4.43. The highest BCUT2D eigenvalue weighted by Gasteiger charge is 2.59. The Morgan fingerprint density at radius 1 is 0.643 bits per heavy atom. The number of rotatable bonds is 20. The molecule has 0 amide bonds. The van der Waals surface area contributed by atoms with E-state index in [1.165, 1.54) is 35.5 Å². The van der Waals surface area contributed by atoms with Gasteiger partial charge in [-0.2, -0.15) is 30.9 Å². The van der Waals surface area contributed by atoms with Crippen molar-refractivity contribution < 1.29 is 76.2 Å². The van der Waals surface area contributed by atoms with Gasteiger partial charge in [0.05, 0.1) is 24.6 Å². The molecule has 0 unspecified atom stereocenters. The van der Waals surface area contributed by atoms with Gasteiger partial charge in [-0.1, -0.05) is 65.8 Å². The molecule has 0 bridgehead atoms. The van der Waals surface area contributed by atoms with Gasteiger partial charge in [0.1, 0.15) is 109 Å². The molecular formula is C54H70N12O16P2. The van der Waals surface area contributed by atoms with E-state index in [0.717, 1.165) is 11.1 Å². The summed E-state index contributed by atoms with van der Waals surface area (Å²) < 4.78 is 75.3. The van der Waals surface area contributed by atoms with Gasteiger partial charge in [0.2, 0.25) is 11.2 Å². The van der Waals surface area contributed by atoms with Gasteiger partial charge in [-0.25, -0.2) is 28.1 Å². The van der Waals surface area contributed by atoms with E-state index in [2.05, 4.69) is 30.3 Å². The van der Waals surface area contributed by atoms with Crippen LogP contribution in [0.5, 0.6) is 11.5 Å². The number of nitrogen functional groups attached to an aromatic ring is 2. The summed E-state index contributed by atoms with van der Waals surface area (Å²) in [5.74, 6) is -0.759. The second-order valence-corrected chi connectivity index (χ2v) is 25.2. The predicted molar refractivity (Wildman–Crippen MR) is 300 cm³/mol. The molecule has 8 rings (SSSR count). The molecule has 12 atom stereocenters. The maximum atomic E-state index is 14.0. The number of fused-ring (bicyclic) bond motifs is 2. The molecule has 0 saturated carbocycles. The minimum absolute atomic E-state index is 0.0903. The molecule has 2 saturated heterocycles. The van der Waals surface area contributed by atoms with Crippen LogP contribution in [0.4, 0.5) is 11.6 Å². The van der Waals surface area contributed by atoms with Crippen LogP contribution in [0, 0.1) is 22.7 Å². The van der Waals surface area contributed by atoms with E-state index in [-0.39, 0.29) is 58.6 Å². The molecule has 28 nitrogen and oxygen atoms in total. The van der Waals surface area contributed by atoms with Gasteiger partial charge in [0.25, 0.3) is 0 Å². The van der Waals surface area contributed by atoms with Crippen molar-refractivity contribution in [3.63, 3.8) is 0 Å². The topological polar surface area (TPSA) is 407 Å². The summed E-state index contributed by atoms with van der Waals surface area (Å²) in [6, 6.07) is 21.3. The van der Waals surface area contributed by atoms with Gasteiger partial charge >= 0.3 is 27.4 Å². The monoisotopic (exact) mass is 1200 g/mol. The fourth-order valence-electron chi connectivity index (χ4n) is 8.92. The largest absolute Gasteiger partial charge is 0.465 e. The van der Waals surface area contributed by atoms with Gasteiger partial charge in [-0.3, -0.25) is 18.6 Å². The van der Waals surface area contributed by atoms with Crippen molar-refractivity contribution in [2.45, 2.75) is 140 Å². The van der Waals surface area contributed by atoms with Crippen LogP contribution in [0.2, 0.25) is 0 Å². The number of carbonyl (C=O) groups is 2. The highest BCUT2D eigenvalue weighted by Crippen LogP contribution is 2.51. The van der Waals surface area contributed by atoms with Crippen molar-refractivity contribution in [2.75, 3.05) is 37.9 Å². The normalized spacial score (nSPS) is 24.6. The average molecular weight is 1210 g/mol. The van der Waals surface area contributed by atoms with E-state index in [1.807, 2.05) is 53.7 Å². The lowest BCUT2D eigenvalue weighted by Crippen LogP contribution is -2.46. The first-order valence-corrected chi connectivity index (χ1v) is 29.6. The Morgan fingerprint density at radius 2 is 0.988 bits per heavy atom. The maximum absolute atomic E-state index is 14.0. The smallest absolute Gasteiger partial charge is 0.459 e. The number of esters is 2. The van der Waals surface area contributed by atoms with Crippen LogP contribution in [0.15, 0.2) is 85.5 Å². The summed E-state index contributed by atoms with van der Waals surface area (Å²) in [7, 11) is -8.86. The molecule has 84 heavy (non-hydrogen) atoms. The Labute approximate surface area is 484 Å². The lowest BCUT2D eigenvalue weighted by molar-refractivity contribution is -0.145. The molecule has 0 radical (unpaired) electrons. The first-order valence-electron chi connectivity index (χ1n) is 26.5. The molecule has 6 heterocycles. The van der Waals surface area contributed by atoms with E-state index in [9.17, 15) is 49.7 Å². The third-order valence-corrected chi connectivity index (χ3v) is 16.9. The molecule has 4 aromatic heterocycles. The zero-order valence-electron chi connectivity index (χ0n) is 47.8. The van der Waals surface area contributed by atoms with Crippen molar-refractivity contribution in [2.24, 2.45) is 0 Å². The Balaban J connectivity index is 0.000000241. The van der Waals surface area contributed by atoms with Crippen LogP contribution in [0.25, 0.3) is 11.0 Å². The van der Waals surface area contributed by atoms with E-state index in [1.54, 1.807) is 86.6 Å². The lowest BCUT2D eigenvalue weighted by atomic mass is 9.87. The van der Waals surface area contributed by atoms with Crippen molar-refractivity contribution >= 4 is 50.1 Å². The summed E-state index contributed by atoms with van der Waals surface area (Å²) in [5.41, 5.74) is 10.5. The third-order valence-electron chi connectivity index (χ3n) is 13.7. The highest BCUT2D eigenvalue weighted by atomic mass is 31.2. The standard InChI is InChI=1S/2C27H35N6O8P/c2*1-6-38-25(36)16(2)32-42(37,41-18-9-7-17(8-10-18)26(3,4)5)39-14-27(13-28)23(35)21(34)22(40-27)19-11-12-20-24(29)30-15-31-33(19)20/h2*7-12,15-16,21-23,34-35H,6,14H2,1-5H3,(H,32,37)(H2,29,30,31)/t16-,21-,22-,23-,27+,42+;16-,21-,22-,23-,27+,42-/m00/s1. The predicted octanol–water partition coefficient (Wildman–Crippen LogP) is 4.82. The molecule has 30 heteroatoms. The van der Waals surface area contributed by atoms with Crippen LogP contribution in [-0.2, 0) is 57.5 Å². The van der Waals surface area contributed by atoms with Crippen molar-refractivity contribution in [3.8, 4) is 23.6 Å². The second-order valence-electron chi connectivity index (χ2n) is 21.8. The number of nitrogens with one attached hydrogen (secondary N) is 2. The van der Waals surface area contributed by atoms with E-state index >= 15 is 0 Å². The number of nitrogens with zero attached hydrogens (tertiary/aromatic N) is 8. The van der Waals surface area contributed by atoms with E-state index < -0.39 is 101 Å². The number of aliphatic hydroxyl groups excluding tert-OH is 4. The molecule has 2 fully saturated rings. The number of ether oxygens (including phenoxy) is 4. The molecule has 10 N–H and O–H groups in total. The molecule has 0 aliphatic carbocycles. The third kappa shape index (κ3) is 14.0. The van der Waals surface area contributed by atoms with Gasteiger partial charge in [0, 0.05) is 0 Å².